The van der Waals surface area contributed by atoms with E-state index < -0.39 is 11.9 Å². The van der Waals surface area contributed by atoms with Crippen LogP contribution in [-0.4, -0.2) is 37.8 Å². The average Bonchev–Trinajstić information content (AvgIpc) is 2.66. The number of ether oxygens (including phenoxy) is 1. The van der Waals surface area contributed by atoms with Gasteiger partial charge in [-0.3, -0.25) is 4.99 Å². The normalized spacial score (nSPS) is 12.1. The van der Waals surface area contributed by atoms with Crippen molar-refractivity contribution >= 4 is 29.9 Å². The van der Waals surface area contributed by atoms with E-state index in [-0.39, 0.29) is 36.1 Å². The van der Waals surface area contributed by atoms with E-state index in [1.54, 1.807) is 25.3 Å². The second-order valence-corrected chi connectivity index (χ2v) is 6.25. The fourth-order valence-corrected chi connectivity index (χ4v) is 2.78. The van der Waals surface area contributed by atoms with E-state index in [1.807, 2.05) is 26.0 Å². The summed E-state index contributed by atoms with van der Waals surface area (Å²) in [5.41, 5.74) is 2.55. The zero-order valence-corrected chi connectivity index (χ0v) is 18.9. The van der Waals surface area contributed by atoms with Gasteiger partial charge in [-0.15, -0.1) is 24.0 Å². The predicted molar refractivity (Wildman–Crippen MR) is 122 cm³/mol. The van der Waals surface area contributed by atoms with Crippen molar-refractivity contribution in [2.75, 3.05) is 26.7 Å². The summed E-state index contributed by atoms with van der Waals surface area (Å²) in [7, 11) is 1.66. The molecule has 5 nitrogen and oxygen atoms in total. The summed E-state index contributed by atoms with van der Waals surface area (Å²) in [5.74, 6) is 1.02. The Morgan fingerprint density at radius 1 is 1.21 bits per heavy atom. The van der Waals surface area contributed by atoms with Gasteiger partial charge in [0.15, 0.2) is 5.96 Å². The van der Waals surface area contributed by atoms with Gasteiger partial charge in [-0.05, 0) is 38.0 Å². The first-order valence-corrected chi connectivity index (χ1v) is 9.13. The maximum atomic E-state index is 13.8. The van der Waals surface area contributed by atoms with Gasteiger partial charge >= 0.3 is 0 Å². The third-order valence-corrected chi connectivity index (χ3v) is 4.15. The number of halogens is 2. The third-order valence-electron chi connectivity index (χ3n) is 4.15. The van der Waals surface area contributed by atoms with E-state index in [9.17, 15) is 9.50 Å². The zero-order chi connectivity index (χ0) is 19.6. The molecule has 0 aliphatic carbocycles. The maximum absolute atomic E-state index is 13.8. The van der Waals surface area contributed by atoms with Crippen molar-refractivity contribution in [3.8, 4) is 5.75 Å². The molecule has 0 aromatic heterocycles. The molecule has 0 heterocycles. The number of guanidine groups is 1. The highest BCUT2D eigenvalue weighted by Crippen LogP contribution is 2.20. The zero-order valence-electron chi connectivity index (χ0n) is 16.5. The first-order valence-electron chi connectivity index (χ1n) is 9.13. The summed E-state index contributed by atoms with van der Waals surface area (Å²) in [6.07, 6.45) is -0.218. The van der Waals surface area contributed by atoms with Gasteiger partial charge in [-0.1, -0.05) is 35.9 Å². The van der Waals surface area contributed by atoms with Gasteiger partial charge in [-0.25, -0.2) is 4.39 Å². The number of aryl methyl sites for hydroxylation is 1. The molecule has 0 saturated carbocycles. The largest absolute Gasteiger partial charge is 0.496 e. The molecule has 28 heavy (non-hydrogen) atoms. The summed E-state index contributed by atoms with van der Waals surface area (Å²) in [6, 6.07) is 12.3. The molecule has 1 atom stereocenters. The van der Waals surface area contributed by atoms with Crippen molar-refractivity contribution in [1.29, 1.82) is 0 Å². The van der Waals surface area contributed by atoms with Crippen LogP contribution < -0.4 is 15.4 Å². The summed E-state index contributed by atoms with van der Waals surface area (Å²) in [5, 5.41) is 16.6. The number of nitrogens with zero attached hydrogens (tertiary/aromatic N) is 1. The van der Waals surface area contributed by atoms with Gasteiger partial charge in [-0.2, -0.15) is 0 Å². The highest BCUT2D eigenvalue weighted by Gasteiger charge is 2.12. The summed E-state index contributed by atoms with van der Waals surface area (Å²) in [4.78, 5) is 4.37. The van der Waals surface area contributed by atoms with Gasteiger partial charge in [0.1, 0.15) is 17.7 Å². The molecule has 0 radical (unpaired) electrons. The van der Waals surface area contributed by atoms with Gasteiger partial charge in [0.25, 0.3) is 0 Å². The molecule has 2 aromatic carbocycles. The molecular formula is C21H29FIN3O2. The molecule has 1 unspecified atom stereocenters. The molecule has 2 rings (SSSR count). The molecule has 0 aliphatic rings. The average molecular weight is 501 g/mol. The van der Waals surface area contributed by atoms with Crippen molar-refractivity contribution in [1.82, 2.24) is 10.6 Å². The highest BCUT2D eigenvalue weighted by molar-refractivity contribution is 14.0. The monoisotopic (exact) mass is 501 g/mol. The van der Waals surface area contributed by atoms with Crippen LogP contribution >= 0.6 is 24.0 Å². The summed E-state index contributed by atoms with van der Waals surface area (Å²) < 4.78 is 19.2. The predicted octanol–water partition coefficient (Wildman–Crippen LogP) is 3.59. The molecule has 0 bridgehead atoms. The van der Waals surface area contributed by atoms with E-state index in [2.05, 4.69) is 21.7 Å². The molecule has 7 heteroatoms. The fourth-order valence-electron chi connectivity index (χ4n) is 2.78. The van der Waals surface area contributed by atoms with Crippen LogP contribution in [0, 0.1) is 12.7 Å². The lowest BCUT2D eigenvalue weighted by Crippen LogP contribution is -2.38. The number of benzene rings is 2. The van der Waals surface area contributed by atoms with E-state index in [0.717, 1.165) is 17.7 Å². The van der Waals surface area contributed by atoms with Crippen LogP contribution in [0.4, 0.5) is 4.39 Å². The first-order chi connectivity index (χ1) is 13.0. The van der Waals surface area contributed by atoms with Crippen LogP contribution in [0.3, 0.4) is 0 Å². The number of hydrogen-bond donors (Lipinski definition) is 3. The Morgan fingerprint density at radius 3 is 2.64 bits per heavy atom. The quantitative estimate of drug-likeness (QED) is 0.294. The molecule has 2 aromatic rings. The van der Waals surface area contributed by atoms with E-state index in [4.69, 9.17) is 4.74 Å². The lowest BCUT2D eigenvalue weighted by atomic mass is 10.1. The molecule has 0 amide bonds. The van der Waals surface area contributed by atoms with Crippen LogP contribution in [0.2, 0.25) is 0 Å². The Kier molecular flexibility index (Phi) is 10.8. The van der Waals surface area contributed by atoms with Gasteiger partial charge < -0.3 is 20.5 Å². The maximum Gasteiger partial charge on any atom is 0.191 e. The fraction of sp³-hybridized carbons (Fsp3) is 0.381. The van der Waals surface area contributed by atoms with Gasteiger partial charge in [0.2, 0.25) is 0 Å². The lowest BCUT2D eigenvalue weighted by Gasteiger charge is -2.15. The highest BCUT2D eigenvalue weighted by atomic mass is 127. The number of hydrogen-bond acceptors (Lipinski definition) is 3. The first kappa shape index (κ1) is 24.2. The Bertz CT molecular complexity index is 771. The smallest absolute Gasteiger partial charge is 0.191 e. The number of rotatable bonds is 8. The minimum Gasteiger partial charge on any atom is -0.496 e. The number of aliphatic hydroxyl groups excluding tert-OH is 1. The Labute approximate surface area is 183 Å². The lowest BCUT2D eigenvalue weighted by molar-refractivity contribution is 0.182. The number of aliphatic hydroxyl groups is 1. The standard InChI is InChI=1S/C21H28FN3O2.HI/c1-4-23-21(25-14-19(26)17-7-5-6-8-18(17)22)24-12-11-16-13-15(2)9-10-20(16)27-3;/h5-10,13,19,26H,4,11-12,14H2,1-3H3,(H2,23,24,25);1H. The summed E-state index contributed by atoms with van der Waals surface area (Å²) in [6.45, 7) is 5.43. The Balaban J connectivity index is 0.00000392. The van der Waals surface area contributed by atoms with Crippen LogP contribution in [0.25, 0.3) is 0 Å². The van der Waals surface area contributed by atoms with Gasteiger partial charge in [0.05, 0.1) is 13.7 Å². The van der Waals surface area contributed by atoms with E-state index >= 15 is 0 Å². The van der Waals surface area contributed by atoms with Crippen molar-refractivity contribution in [2.45, 2.75) is 26.4 Å². The van der Waals surface area contributed by atoms with Crippen LogP contribution in [-0.2, 0) is 6.42 Å². The Morgan fingerprint density at radius 2 is 1.96 bits per heavy atom. The number of methoxy groups -OCH3 is 1. The molecule has 154 valence electrons. The van der Waals surface area contributed by atoms with Crippen LogP contribution in [0.15, 0.2) is 47.5 Å². The van der Waals surface area contributed by atoms with Crippen molar-refractivity contribution < 1.29 is 14.2 Å². The number of nitrogens with one attached hydrogen (secondary N) is 2. The topological polar surface area (TPSA) is 65.9 Å². The van der Waals surface area contributed by atoms with E-state index in [0.29, 0.717) is 19.0 Å². The Hall–Kier alpha value is -1.87. The van der Waals surface area contributed by atoms with Crippen LogP contribution in [0.5, 0.6) is 5.75 Å². The van der Waals surface area contributed by atoms with Crippen molar-refractivity contribution in [3.05, 3.63) is 65.0 Å². The van der Waals surface area contributed by atoms with Gasteiger partial charge in [0, 0.05) is 18.7 Å². The SMILES string of the molecule is CCNC(=NCC(O)c1ccccc1F)NCCc1cc(C)ccc1OC.I. The minimum absolute atomic E-state index is 0. The van der Waals surface area contributed by atoms with Crippen molar-refractivity contribution in [3.63, 3.8) is 0 Å². The minimum atomic E-state index is -0.987. The van der Waals surface area contributed by atoms with Crippen LogP contribution in [0.1, 0.15) is 29.7 Å². The molecule has 0 aliphatic heterocycles. The third kappa shape index (κ3) is 7.27. The van der Waals surface area contributed by atoms with Crippen molar-refractivity contribution in [2.24, 2.45) is 4.99 Å². The number of aliphatic imine (C=N–C) groups is 1. The second kappa shape index (κ2) is 12.6. The molecule has 3 N–H and O–H groups in total. The molecular weight excluding hydrogens is 472 g/mol. The molecule has 0 spiro atoms. The second-order valence-electron chi connectivity index (χ2n) is 6.25. The molecule has 0 saturated heterocycles. The van der Waals surface area contributed by atoms with E-state index in [1.165, 1.54) is 11.6 Å². The molecule has 0 fully saturated rings. The summed E-state index contributed by atoms with van der Waals surface area (Å²) >= 11 is 0.